The molecule has 0 unspecified atom stereocenters. The van der Waals surface area contributed by atoms with Crippen molar-refractivity contribution in [1.82, 2.24) is 0 Å². The van der Waals surface area contributed by atoms with Crippen LogP contribution in [0.3, 0.4) is 0 Å². The van der Waals surface area contributed by atoms with Crippen molar-refractivity contribution in [1.29, 1.82) is 0 Å². The highest BCUT2D eigenvalue weighted by Gasteiger charge is 2.11. The summed E-state index contributed by atoms with van der Waals surface area (Å²) in [6, 6.07) is 9.05. The van der Waals surface area contributed by atoms with Gasteiger partial charge in [0.15, 0.2) is 0 Å². The number of carbonyl (C=O) groups excluding carboxylic acids is 1. The van der Waals surface area contributed by atoms with Gasteiger partial charge in [0, 0.05) is 18.9 Å². The molecule has 0 aromatic heterocycles. The topological polar surface area (TPSA) is 60.2 Å². The molecule has 0 saturated carbocycles. The standard InChI is InChI=1S/C12H13NO3/c1-10(14)7-8-12(13(15)16)9-11-5-3-2-4-6-11/h2-6,9H,7-8H2,1H3/b12-9-. The summed E-state index contributed by atoms with van der Waals surface area (Å²) in [5.41, 5.74) is 0.846. The number of allylic oxidation sites excluding steroid dienone is 1. The molecule has 0 aliphatic heterocycles. The normalized spacial score (nSPS) is 11.2. The summed E-state index contributed by atoms with van der Waals surface area (Å²) < 4.78 is 0. The minimum Gasteiger partial charge on any atom is -0.300 e. The summed E-state index contributed by atoms with van der Waals surface area (Å²) in [4.78, 5) is 21.1. The highest BCUT2D eigenvalue weighted by Crippen LogP contribution is 2.12. The SMILES string of the molecule is CC(=O)CC/C(=C/c1ccccc1)[N+](=O)[O-]. The number of carbonyl (C=O) groups is 1. The van der Waals surface area contributed by atoms with Gasteiger partial charge in [0.05, 0.1) is 4.92 Å². The average Bonchev–Trinajstić information content (AvgIpc) is 2.25. The molecule has 4 heteroatoms. The molecule has 0 bridgehead atoms. The highest BCUT2D eigenvalue weighted by atomic mass is 16.6. The van der Waals surface area contributed by atoms with Crippen LogP contribution in [0, 0.1) is 10.1 Å². The zero-order chi connectivity index (χ0) is 12.0. The van der Waals surface area contributed by atoms with Gasteiger partial charge in [0.25, 0.3) is 0 Å². The largest absolute Gasteiger partial charge is 0.300 e. The van der Waals surface area contributed by atoms with Crippen LogP contribution in [0.15, 0.2) is 36.0 Å². The minimum absolute atomic E-state index is 0.0409. The molecule has 0 amide bonds. The van der Waals surface area contributed by atoms with Gasteiger partial charge >= 0.3 is 0 Å². The van der Waals surface area contributed by atoms with Crippen LogP contribution in [-0.4, -0.2) is 10.7 Å². The lowest BCUT2D eigenvalue weighted by molar-refractivity contribution is -0.426. The van der Waals surface area contributed by atoms with Crippen molar-refractivity contribution in [3.8, 4) is 0 Å². The number of ketones is 1. The number of hydrogen-bond acceptors (Lipinski definition) is 3. The minimum atomic E-state index is -0.435. The molecule has 0 heterocycles. The predicted octanol–water partition coefficient (Wildman–Crippen LogP) is 2.67. The fourth-order valence-electron chi connectivity index (χ4n) is 1.26. The van der Waals surface area contributed by atoms with Crippen LogP contribution in [0.5, 0.6) is 0 Å². The van der Waals surface area contributed by atoms with Gasteiger partial charge in [-0.15, -0.1) is 0 Å². The Morgan fingerprint density at radius 2 is 1.94 bits per heavy atom. The van der Waals surface area contributed by atoms with E-state index in [4.69, 9.17) is 0 Å². The zero-order valence-electron chi connectivity index (χ0n) is 9.05. The second-order valence-electron chi connectivity index (χ2n) is 3.51. The van der Waals surface area contributed by atoms with Crippen molar-refractivity contribution >= 4 is 11.9 Å². The molecule has 16 heavy (non-hydrogen) atoms. The van der Waals surface area contributed by atoms with Crippen LogP contribution in [0.4, 0.5) is 0 Å². The molecule has 1 aromatic carbocycles. The summed E-state index contributed by atoms with van der Waals surface area (Å²) in [7, 11) is 0. The van der Waals surface area contributed by atoms with E-state index >= 15 is 0 Å². The van der Waals surface area contributed by atoms with Gasteiger partial charge in [-0.1, -0.05) is 30.3 Å². The van der Waals surface area contributed by atoms with Crippen molar-refractivity contribution < 1.29 is 9.72 Å². The smallest absolute Gasteiger partial charge is 0.247 e. The predicted molar refractivity (Wildman–Crippen MR) is 61.3 cm³/mol. The van der Waals surface area contributed by atoms with E-state index in [0.717, 1.165) is 5.56 Å². The van der Waals surface area contributed by atoms with E-state index in [9.17, 15) is 14.9 Å². The number of nitro groups is 1. The first-order valence-electron chi connectivity index (χ1n) is 4.99. The van der Waals surface area contributed by atoms with Crippen LogP contribution < -0.4 is 0 Å². The highest BCUT2D eigenvalue weighted by molar-refractivity contribution is 5.75. The molecule has 1 aromatic rings. The van der Waals surface area contributed by atoms with E-state index in [2.05, 4.69) is 0 Å². The first-order valence-corrected chi connectivity index (χ1v) is 4.99. The van der Waals surface area contributed by atoms with Crippen LogP contribution >= 0.6 is 0 Å². The van der Waals surface area contributed by atoms with Crippen LogP contribution in [0.1, 0.15) is 25.3 Å². The third-order valence-electron chi connectivity index (χ3n) is 2.10. The van der Waals surface area contributed by atoms with Gasteiger partial charge in [-0.2, -0.15) is 0 Å². The maximum Gasteiger partial charge on any atom is 0.247 e. The fourth-order valence-corrected chi connectivity index (χ4v) is 1.26. The number of hydrogen-bond donors (Lipinski definition) is 0. The van der Waals surface area contributed by atoms with Gasteiger partial charge in [0.2, 0.25) is 5.70 Å². The summed E-state index contributed by atoms with van der Waals surface area (Å²) in [5.74, 6) is -0.0409. The second kappa shape index (κ2) is 5.80. The molecule has 0 atom stereocenters. The number of benzene rings is 1. The Morgan fingerprint density at radius 3 is 2.44 bits per heavy atom. The fraction of sp³-hybridized carbons (Fsp3) is 0.250. The zero-order valence-corrected chi connectivity index (χ0v) is 9.05. The molecule has 0 radical (unpaired) electrons. The van der Waals surface area contributed by atoms with E-state index in [1.807, 2.05) is 18.2 Å². The first-order chi connectivity index (χ1) is 7.59. The Hall–Kier alpha value is -1.97. The summed E-state index contributed by atoms with van der Waals surface area (Å²) in [5, 5.41) is 10.7. The Morgan fingerprint density at radius 1 is 1.31 bits per heavy atom. The molecule has 84 valence electrons. The van der Waals surface area contributed by atoms with Crippen molar-refractivity contribution in [2.24, 2.45) is 0 Å². The van der Waals surface area contributed by atoms with Gasteiger partial charge < -0.3 is 4.79 Å². The molecule has 0 aliphatic rings. The van der Waals surface area contributed by atoms with Crippen LogP contribution in [0.25, 0.3) is 6.08 Å². The summed E-state index contributed by atoms with van der Waals surface area (Å²) in [6.07, 6.45) is 1.89. The van der Waals surface area contributed by atoms with E-state index < -0.39 is 4.92 Å². The van der Waals surface area contributed by atoms with Crippen LogP contribution in [0.2, 0.25) is 0 Å². The average molecular weight is 219 g/mol. The molecule has 0 spiro atoms. The molecule has 0 saturated heterocycles. The first kappa shape index (κ1) is 12.1. The summed E-state index contributed by atoms with van der Waals surface area (Å²) in [6.45, 7) is 1.43. The number of rotatable bonds is 5. The molecular weight excluding hydrogens is 206 g/mol. The Kier molecular flexibility index (Phi) is 4.39. The van der Waals surface area contributed by atoms with Gasteiger partial charge in [-0.25, -0.2) is 0 Å². The van der Waals surface area contributed by atoms with Crippen molar-refractivity contribution in [2.45, 2.75) is 19.8 Å². The Bertz CT molecular complexity index is 410. The maximum absolute atomic E-state index is 10.8. The molecular formula is C12H13NO3. The monoisotopic (exact) mass is 219 g/mol. The van der Waals surface area contributed by atoms with Gasteiger partial charge in [0.1, 0.15) is 5.78 Å². The lowest BCUT2D eigenvalue weighted by atomic mass is 10.1. The third kappa shape index (κ3) is 4.04. The number of Topliss-reactive ketones (excluding diaryl/α,β-unsaturated/α-hetero) is 1. The molecule has 0 fully saturated rings. The molecule has 0 aliphatic carbocycles. The van der Waals surface area contributed by atoms with Gasteiger partial charge in [-0.05, 0) is 12.5 Å². The van der Waals surface area contributed by atoms with E-state index in [1.54, 1.807) is 12.1 Å². The quantitative estimate of drug-likeness (QED) is 0.565. The van der Waals surface area contributed by atoms with Gasteiger partial charge in [-0.3, -0.25) is 10.1 Å². The summed E-state index contributed by atoms with van der Waals surface area (Å²) >= 11 is 0. The molecule has 0 N–H and O–H groups in total. The van der Waals surface area contributed by atoms with Crippen molar-refractivity contribution in [3.63, 3.8) is 0 Å². The van der Waals surface area contributed by atoms with Crippen molar-refractivity contribution in [3.05, 3.63) is 51.7 Å². The number of nitrogens with zero attached hydrogens (tertiary/aromatic N) is 1. The lowest BCUT2D eigenvalue weighted by Gasteiger charge is -1.97. The Balaban J connectivity index is 2.81. The van der Waals surface area contributed by atoms with E-state index in [1.165, 1.54) is 13.0 Å². The molecule has 4 nitrogen and oxygen atoms in total. The second-order valence-corrected chi connectivity index (χ2v) is 3.51. The van der Waals surface area contributed by atoms with Crippen molar-refractivity contribution in [2.75, 3.05) is 0 Å². The van der Waals surface area contributed by atoms with E-state index in [0.29, 0.717) is 0 Å². The third-order valence-corrected chi connectivity index (χ3v) is 2.10. The lowest BCUT2D eigenvalue weighted by Crippen LogP contribution is -2.01. The van der Waals surface area contributed by atoms with Crippen LogP contribution in [-0.2, 0) is 4.79 Å². The van der Waals surface area contributed by atoms with E-state index in [-0.39, 0.29) is 24.3 Å². The maximum atomic E-state index is 10.8. The molecule has 1 rings (SSSR count). The Labute approximate surface area is 93.7 Å².